The van der Waals surface area contributed by atoms with Crippen LogP contribution in [0.1, 0.15) is 37.3 Å². The predicted octanol–water partition coefficient (Wildman–Crippen LogP) is -1.79. The zero-order chi connectivity index (χ0) is 21.8. The average Bonchev–Trinajstić information content (AvgIpc) is 2.64. The molecule has 3 unspecified atom stereocenters. The summed E-state index contributed by atoms with van der Waals surface area (Å²) >= 11 is 0. The van der Waals surface area contributed by atoms with Crippen molar-refractivity contribution < 1.29 is 24.5 Å². The normalized spacial score (nSPS) is 17.3. The molecule has 0 spiro atoms. The highest BCUT2D eigenvalue weighted by Crippen LogP contribution is 2.26. The quantitative estimate of drug-likeness (QED) is 0.223. The fourth-order valence-corrected chi connectivity index (χ4v) is 2.84. The molecule has 0 saturated carbocycles. The van der Waals surface area contributed by atoms with E-state index in [4.69, 9.17) is 27.7 Å². The van der Waals surface area contributed by atoms with Crippen molar-refractivity contribution in [3.63, 3.8) is 0 Å². The van der Waals surface area contributed by atoms with E-state index in [0.29, 0.717) is 11.1 Å². The van der Waals surface area contributed by atoms with Crippen LogP contribution in [0.3, 0.4) is 0 Å². The van der Waals surface area contributed by atoms with Crippen LogP contribution in [0.4, 0.5) is 0 Å². The molecule has 0 aromatic heterocycles. The number of nitrogens with one attached hydrogen (secondary N) is 1. The number of nitrogens with two attached hydrogens (primary N) is 4. The van der Waals surface area contributed by atoms with Crippen LogP contribution >= 0.6 is 0 Å². The molecular weight excluding hydrogens is 366 g/mol. The summed E-state index contributed by atoms with van der Waals surface area (Å²) < 4.78 is 4.70. The molecule has 1 amide bonds. The van der Waals surface area contributed by atoms with E-state index < -0.39 is 29.2 Å². The third-order valence-electron chi connectivity index (χ3n) is 4.78. The summed E-state index contributed by atoms with van der Waals surface area (Å²) in [5.41, 5.74) is 21.8. The Bertz CT molecular complexity index is 709. The number of benzene rings is 1. The molecule has 11 N–H and O–H groups in total. The fraction of sp³-hybridized carbons (Fsp3) is 0.556. The molecule has 0 saturated heterocycles. The summed E-state index contributed by atoms with van der Waals surface area (Å²) in [5.74, 6) is -6.15. The van der Waals surface area contributed by atoms with Crippen LogP contribution in [0.5, 0.6) is 0 Å². The van der Waals surface area contributed by atoms with Crippen molar-refractivity contribution in [1.82, 2.24) is 5.32 Å². The number of hydrogen-bond donors (Lipinski definition) is 7. The minimum absolute atomic E-state index is 0.0266. The number of hydrogen-bond acceptors (Lipinski definition) is 9. The Kier molecular flexibility index (Phi) is 7.80. The number of aryl methyl sites for hydroxylation is 1. The van der Waals surface area contributed by atoms with Gasteiger partial charge in [-0.15, -0.1) is 0 Å². The standard InChI is InChI=1S/C18H31N5O5/c1-4-12(24)9-10-14(19)16(26,18(22,27)28-3)15(25)23-17(20,21)13-8-6-5-7-11(13)2/h5-8,14,26-27H,4,9-10,19-22H2,1-3H3,(H,23,25). The van der Waals surface area contributed by atoms with Gasteiger partial charge in [-0.25, -0.2) is 0 Å². The van der Waals surface area contributed by atoms with Crippen molar-refractivity contribution in [2.75, 3.05) is 7.11 Å². The SMILES string of the molecule is CCC(=O)CCC(N)C(O)(C(=O)NC(N)(N)c1ccccc1C)C(N)(O)OC. The second-order valence-electron chi connectivity index (χ2n) is 6.84. The number of amides is 1. The maximum Gasteiger partial charge on any atom is 0.263 e. The van der Waals surface area contributed by atoms with Crippen LogP contribution in [0, 0.1) is 6.92 Å². The first-order valence-corrected chi connectivity index (χ1v) is 8.86. The first kappa shape index (κ1) is 24.1. The number of Topliss-reactive ketones (excluding diaryl/α,β-unsaturated/α-hetero) is 1. The van der Waals surface area contributed by atoms with Crippen LogP contribution in [-0.2, 0) is 20.1 Å². The molecule has 28 heavy (non-hydrogen) atoms. The van der Waals surface area contributed by atoms with Crippen molar-refractivity contribution in [3.05, 3.63) is 35.4 Å². The zero-order valence-corrected chi connectivity index (χ0v) is 16.4. The molecular formula is C18H31N5O5. The van der Waals surface area contributed by atoms with E-state index in [1.807, 2.05) is 0 Å². The Morgan fingerprint density at radius 1 is 1.21 bits per heavy atom. The number of rotatable bonds is 10. The van der Waals surface area contributed by atoms with Gasteiger partial charge < -0.3 is 26.0 Å². The number of carbonyl (C=O) groups is 2. The predicted molar refractivity (Wildman–Crippen MR) is 103 cm³/mol. The van der Waals surface area contributed by atoms with Crippen molar-refractivity contribution in [2.24, 2.45) is 22.9 Å². The summed E-state index contributed by atoms with van der Waals surface area (Å²) in [5, 5.41) is 23.6. The minimum Gasteiger partial charge on any atom is -0.373 e. The first-order chi connectivity index (χ1) is 12.8. The highest BCUT2D eigenvalue weighted by atomic mass is 16.6. The maximum atomic E-state index is 12.9. The van der Waals surface area contributed by atoms with Gasteiger partial charge in [0.05, 0.1) is 0 Å². The molecule has 0 bridgehead atoms. The third-order valence-corrected chi connectivity index (χ3v) is 4.78. The van der Waals surface area contributed by atoms with Crippen molar-refractivity contribution in [1.29, 1.82) is 0 Å². The van der Waals surface area contributed by atoms with Gasteiger partial charge in [0, 0.05) is 31.6 Å². The van der Waals surface area contributed by atoms with Crippen molar-refractivity contribution in [3.8, 4) is 0 Å². The average molecular weight is 397 g/mol. The van der Waals surface area contributed by atoms with E-state index in [0.717, 1.165) is 7.11 Å². The summed E-state index contributed by atoms with van der Waals surface area (Å²) in [7, 11) is 0.988. The molecule has 1 rings (SSSR count). The van der Waals surface area contributed by atoms with Crippen LogP contribution < -0.4 is 28.3 Å². The molecule has 3 atom stereocenters. The molecule has 10 nitrogen and oxygen atoms in total. The van der Waals surface area contributed by atoms with Crippen LogP contribution in [0.15, 0.2) is 24.3 Å². The van der Waals surface area contributed by atoms with Gasteiger partial charge in [-0.3, -0.25) is 26.8 Å². The van der Waals surface area contributed by atoms with Crippen LogP contribution in [0.2, 0.25) is 0 Å². The number of methoxy groups -OCH3 is 1. The molecule has 0 fully saturated rings. The Morgan fingerprint density at radius 3 is 2.29 bits per heavy atom. The van der Waals surface area contributed by atoms with Crippen LogP contribution in [0.25, 0.3) is 0 Å². The second-order valence-corrected chi connectivity index (χ2v) is 6.84. The molecule has 158 valence electrons. The van der Waals surface area contributed by atoms with Gasteiger partial charge in [0.15, 0.2) is 5.79 Å². The van der Waals surface area contributed by atoms with Gasteiger partial charge in [-0.05, 0) is 18.9 Å². The second kappa shape index (κ2) is 9.05. The smallest absolute Gasteiger partial charge is 0.263 e. The lowest BCUT2D eigenvalue weighted by atomic mass is 9.85. The third kappa shape index (κ3) is 4.92. The van der Waals surface area contributed by atoms with Gasteiger partial charge in [-0.2, -0.15) is 0 Å². The molecule has 1 aromatic rings. The maximum absolute atomic E-state index is 12.9. The fourth-order valence-electron chi connectivity index (χ4n) is 2.84. The lowest BCUT2D eigenvalue weighted by Crippen LogP contribution is -2.77. The van der Waals surface area contributed by atoms with Gasteiger partial charge in [0.1, 0.15) is 5.78 Å². The molecule has 0 aliphatic carbocycles. The number of carbonyl (C=O) groups excluding carboxylic acids is 2. The zero-order valence-electron chi connectivity index (χ0n) is 16.4. The van der Waals surface area contributed by atoms with E-state index in [-0.39, 0.29) is 25.0 Å². The van der Waals surface area contributed by atoms with E-state index >= 15 is 0 Å². The van der Waals surface area contributed by atoms with Gasteiger partial charge in [0.25, 0.3) is 11.8 Å². The van der Waals surface area contributed by atoms with Gasteiger partial charge in [0.2, 0.25) is 5.60 Å². The molecule has 0 radical (unpaired) electrons. The molecule has 0 aliphatic heterocycles. The van der Waals surface area contributed by atoms with Crippen molar-refractivity contribution >= 4 is 11.7 Å². The lowest BCUT2D eigenvalue weighted by Gasteiger charge is -2.43. The molecule has 10 heteroatoms. The monoisotopic (exact) mass is 397 g/mol. The molecule has 0 heterocycles. The summed E-state index contributed by atoms with van der Waals surface area (Å²) in [6.07, 6.45) is 0.101. The Morgan fingerprint density at radius 2 is 1.79 bits per heavy atom. The highest BCUT2D eigenvalue weighted by molar-refractivity contribution is 5.88. The largest absolute Gasteiger partial charge is 0.373 e. The van der Waals surface area contributed by atoms with E-state index in [2.05, 4.69) is 5.32 Å². The lowest BCUT2D eigenvalue weighted by molar-refractivity contribution is -0.282. The topological polar surface area (TPSA) is 200 Å². The highest BCUT2D eigenvalue weighted by Gasteiger charge is 2.59. The summed E-state index contributed by atoms with van der Waals surface area (Å²) in [6, 6.07) is 5.31. The Balaban J connectivity index is 3.22. The number of aliphatic hydroxyl groups is 2. The van der Waals surface area contributed by atoms with E-state index in [1.54, 1.807) is 38.1 Å². The van der Waals surface area contributed by atoms with Gasteiger partial charge in [-0.1, -0.05) is 31.2 Å². The van der Waals surface area contributed by atoms with Crippen LogP contribution in [-0.4, -0.2) is 46.6 Å². The van der Waals surface area contributed by atoms with E-state index in [1.165, 1.54) is 0 Å². The Hall–Kier alpha value is -1.92. The first-order valence-electron chi connectivity index (χ1n) is 8.86. The molecule has 1 aromatic carbocycles. The van der Waals surface area contributed by atoms with Gasteiger partial charge >= 0.3 is 0 Å². The molecule has 0 aliphatic rings. The van der Waals surface area contributed by atoms with Crippen molar-refractivity contribution in [2.45, 2.75) is 56.5 Å². The number of ether oxygens (including phenoxy) is 1. The number of ketones is 1. The summed E-state index contributed by atoms with van der Waals surface area (Å²) in [6.45, 7) is 3.40. The Labute approximate surface area is 164 Å². The van der Waals surface area contributed by atoms with E-state index in [9.17, 15) is 19.8 Å². The summed E-state index contributed by atoms with van der Waals surface area (Å²) in [4.78, 5) is 24.5. The minimum atomic E-state index is -2.87.